The summed E-state index contributed by atoms with van der Waals surface area (Å²) in [5.41, 5.74) is 5.70. The van der Waals surface area contributed by atoms with Gasteiger partial charge >= 0.3 is 0 Å². The van der Waals surface area contributed by atoms with E-state index in [0.29, 0.717) is 13.0 Å². The lowest BCUT2D eigenvalue weighted by atomic mass is 10.3. The van der Waals surface area contributed by atoms with E-state index in [-0.39, 0.29) is 23.5 Å². The molecule has 2 N–H and O–H groups in total. The minimum atomic E-state index is -0.171. The first kappa shape index (κ1) is 11.3. The number of carbonyl (C=O) groups is 1. The second-order valence-corrected chi connectivity index (χ2v) is 3.96. The highest BCUT2D eigenvalue weighted by atomic mass is 16.2. The number of amides is 1. The van der Waals surface area contributed by atoms with Crippen LogP contribution in [0.4, 0.5) is 5.82 Å². The zero-order valence-corrected chi connectivity index (χ0v) is 9.33. The molecule has 17 heavy (non-hydrogen) atoms. The molecule has 6 heteroatoms. The highest BCUT2D eigenvalue weighted by Gasteiger charge is 2.33. The van der Waals surface area contributed by atoms with Gasteiger partial charge in [0.1, 0.15) is 11.5 Å². The van der Waals surface area contributed by atoms with Gasteiger partial charge in [-0.2, -0.15) is 5.26 Å². The smallest absolute Gasteiger partial charge is 0.274 e. The van der Waals surface area contributed by atoms with Crippen molar-refractivity contribution in [2.75, 3.05) is 12.3 Å². The van der Waals surface area contributed by atoms with Gasteiger partial charge in [-0.15, -0.1) is 0 Å². The summed E-state index contributed by atoms with van der Waals surface area (Å²) < 4.78 is 0. The van der Waals surface area contributed by atoms with Crippen LogP contribution < -0.4 is 5.73 Å². The minimum Gasteiger partial charge on any atom is -0.382 e. The standard InChI is InChI=1S/C11H13N5O/c12-4-1-5-16(8-2-3-8)11(17)9-6-15-10(13)7-14-9/h6-8H,1-3,5H2,(H2,13,15). The zero-order chi connectivity index (χ0) is 12.3. The summed E-state index contributed by atoms with van der Waals surface area (Å²) in [5, 5.41) is 8.57. The Morgan fingerprint density at radius 1 is 1.53 bits per heavy atom. The summed E-state index contributed by atoms with van der Waals surface area (Å²) in [6, 6.07) is 2.31. The molecule has 1 amide bonds. The average molecular weight is 231 g/mol. The van der Waals surface area contributed by atoms with Crippen molar-refractivity contribution in [2.45, 2.75) is 25.3 Å². The predicted octanol–water partition coefficient (Wildman–Crippen LogP) is 0.577. The predicted molar refractivity (Wildman–Crippen MR) is 60.7 cm³/mol. The van der Waals surface area contributed by atoms with Crippen molar-refractivity contribution in [3.05, 3.63) is 18.1 Å². The van der Waals surface area contributed by atoms with E-state index in [0.717, 1.165) is 12.8 Å². The Hall–Kier alpha value is -2.16. The quantitative estimate of drug-likeness (QED) is 0.817. The lowest BCUT2D eigenvalue weighted by Gasteiger charge is -2.20. The molecule has 0 unspecified atom stereocenters. The van der Waals surface area contributed by atoms with Crippen LogP contribution in [-0.2, 0) is 0 Å². The maximum atomic E-state index is 12.1. The summed E-state index contributed by atoms with van der Waals surface area (Å²) in [7, 11) is 0. The van der Waals surface area contributed by atoms with E-state index in [1.165, 1.54) is 12.4 Å². The first-order valence-corrected chi connectivity index (χ1v) is 5.48. The highest BCUT2D eigenvalue weighted by Crippen LogP contribution is 2.28. The number of hydrogen-bond donors (Lipinski definition) is 1. The van der Waals surface area contributed by atoms with Crippen LogP contribution in [0, 0.1) is 11.3 Å². The second kappa shape index (κ2) is 4.78. The largest absolute Gasteiger partial charge is 0.382 e. The maximum absolute atomic E-state index is 12.1. The summed E-state index contributed by atoms with van der Waals surface area (Å²) >= 11 is 0. The van der Waals surface area contributed by atoms with Gasteiger partial charge in [-0.1, -0.05) is 0 Å². The number of nitrogen functional groups attached to an aromatic ring is 1. The lowest BCUT2D eigenvalue weighted by molar-refractivity contribution is 0.0740. The molecule has 1 saturated carbocycles. The van der Waals surface area contributed by atoms with Crippen LogP contribution >= 0.6 is 0 Å². The Labute approximate surface area is 99.1 Å². The normalized spacial score (nSPS) is 14.1. The molecule has 2 rings (SSSR count). The van der Waals surface area contributed by atoms with E-state index in [1.54, 1.807) is 4.90 Å². The van der Waals surface area contributed by atoms with Crippen molar-refractivity contribution in [2.24, 2.45) is 0 Å². The summed E-state index contributed by atoms with van der Waals surface area (Å²) in [6.45, 7) is 0.450. The molecule has 1 aliphatic rings. The third-order valence-electron chi connectivity index (χ3n) is 2.60. The monoisotopic (exact) mass is 231 g/mol. The fraction of sp³-hybridized carbons (Fsp3) is 0.455. The van der Waals surface area contributed by atoms with E-state index < -0.39 is 0 Å². The van der Waals surface area contributed by atoms with Crippen molar-refractivity contribution in [1.82, 2.24) is 14.9 Å². The molecule has 0 bridgehead atoms. The first-order valence-electron chi connectivity index (χ1n) is 5.48. The molecular weight excluding hydrogens is 218 g/mol. The summed E-state index contributed by atoms with van der Waals surface area (Å²) in [5.74, 6) is 0.117. The number of rotatable bonds is 4. The lowest BCUT2D eigenvalue weighted by Crippen LogP contribution is -2.34. The number of aromatic nitrogens is 2. The molecular formula is C11H13N5O. The Morgan fingerprint density at radius 3 is 2.82 bits per heavy atom. The Balaban J connectivity index is 2.10. The summed E-state index contributed by atoms with van der Waals surface area (Å²) in [6.07, 6.45) is 5.08. The number of carbonyl (C=O) groups excluding carboxylic acids is 1. The molecule has 0 spiro atoms. The molecule has 0 aliphatic heterocycles. The van der Waals surface area contributed by atoms with Crippen LogP contribution in [0.5, 0.6) is 0 Å². The minimum absolute atomic E-state index is 0.171. The second-order valence-electron chi connectivity index (χ2n) is 3.96. The number of hydrogen-bond acceptors (Lipinski definition) is 5. The van der Waals surface area contributed by atoms with Crippen LogP contribution in [0.2, 0.25) is 0 Å². The van der Waals surface area contributed by atoms with Gasteiger partial charge in [0.25, 0.3) is 5.91 Å². The van der Waals surface area contributed by atoms with Crippen molar-refractivity contribution >= 4 is 11.7 Å². The molecule has 0 atom stereocenters. The fourth-order valence-corrected chi connectivity index (χ4v) is 1.60. The van der Waals surface area contributed by atoms with Crippen molar-refractivity contribution in [3.63, 3.8) is 0 Å². The van der Waals surface area contributed by atoms with Crippen LogP contribution in [-0.4, -0.2) is 33.4 Å². The first-order chi connectivity index (χ1) is 8.22. The van der Waals surface area contributed by atoms with E-state index in [4.69, 9.17) is 11.0 Å². The Kier molecular flexibility index (Phi) is 3.19. The number of anilines is 1. The molecule has 0 radical (unpaired) electrons. The van der Waals surface area contributed by atoms with Gasteiger partial charge in [0, 0.05) is 12.6 Å². The van der Waals surface area contributed by atoms with Crippen LogP contribution in [0.3, 0.4) is 0 Å². The van der Waals surface area contributed by atoms with Crippen LogP contribution in [0.15, 0.2) is 12.4 Å². The van der Waals surface area contributed by atoms with Gasteiger partial charge < -0.3 is 10.6 Å². The molecule has 1 heterocycles. The fourth-order valence-electron chi connectivity index (χ4n) is 1.60. The summed E-state index contributed by atoms with van der Waals surface area (Å²) in [4.78, 5) is 21.6. The van der Waals surface area contributed by atoms with E-state index in [2.05, 4.69) is 9.97 Å². The average Bonchev–Trinajstić information content (AvgIpc) is 3.14. The molecule has 1 aromatic rings. The van der Waals surface area contributed by atoms with Gasteiger partial charge in [0.2, 0.25) is 0 Å². The molecule has 6 nitrogen and oxygen atoms in total. The van der Waals surface area contributed by atoms with Crippen LogP contribution in [0.1, 0.15) is 29.8 Å². The van der Waals surface area contributed by atoms with E-state index in [1.807, 2.05) is 6.07 Å². The van der Waals surface area contributed by atoms with E-state index in [9.17, 15) is 4.79 Å². The molecule has 1 fully saturated rings. The van der Waals surface area contributed by atoms with Gasteiger partial charge in [-0.05, 0) is 12.8 Å². The molecule has 1 aromatic heterocycles. The van der Waals surface area contributed by atoms with E-state index >= 15 is 0 Å². The van der Waals surface area contributed by atoms with Gasteiger partial charge in [-0.25, -0.2) is 9.97 Å². The van der Waals surface area contributed by atoms with Crippen molar-refractivity contribution in [1.29, 1.82) is 5.26 Å². The van der Waals surface area contributed by atoms with Gasteiger partial charge in [0.15, 0.2) is 0 Å². The zero-order valence-electron chi connectivity index (χ0n) is 9.33. The maximum Gasteiger partial charge on any atom is 0.274 e. The number of nitrogens with two attached hydrogens (primary N) is 1. The Morgan fingerprint density at radius 2 is 2.29 bits per heavy atom. The molecule has 88 valence electrons. The molecule has 1 aliphatic carbocycles. The van der Waals surface area contributed by atoms with Crippen molar-refractivity contribution < 1.29 is 4.79 Å². The van der Waals surface area contributed by atoms with Crippen LogP contribution in [0.25, 0.3) is 0 Å². The SMILES string of the molecule is N#CCCN(C(=O)c1cnc(N)cn1)C1CC1. The number of nitrogens with zero attached hydrogens (tertiary/aromatic N) is 4. The van der Waals surface area contributed by atoms with Crippen molar-refractivity contribution in [3.8, 4) is 6.07 Å². The van der Waals surface area contributed by atoms with Gasteiger partial charge in [-0.3, -0.25) is 4.79 Å². The highest BCUT2D eigenvalue weighted by molar-refractivity contribution is 5.92. The Bertz CT molecular complexity index is 446. The third-order valence-corrected chi connectivity index (χ3v) is 2.60. The number of nitriles is 1. The molecule has 0 saturated heterocycles. The third kappa shape index (κ3) is 2.69. The van der Waals surface area contributed by atoms with Gasteiger partial charge in [0.05, 0.1) is 24.9 Å². The topological polar surface area (TPSA) is 95.9 Å². The molecule has 0 aromatic carbocycles.